The van der Waals surface area contributed by atoms with E-state index in [9.17, 15) is 9.59 Å². The fourth-order valence-electron chi connectivity index (χ4n) is 4.95. The third-order valence-corrected chi connectivity index (χ3v) is 6.75. The lowest BCUT2D eigenvalue weighted by atomic mass is 10.1. The Morgan fingerprint density at radius 2 is 1.95 bits per heavy atom. The standard InChI is InChI=1S/C28H31N7O2.ClH/c1-4-5-16-35-25-24(23(27(36)32(2)3)26(35)33-15-8-12-29-14-17-33)31-19-34(28(25)37)18-22-21-10-7-6-9-20(21)11-13-30-22;/h6-7,9-11,13,19,29H,8,12,14-18H2,1-3H3;1H. The number of pyridine rings is 1. The minimum Gasteiger partial charge on any atom is -0.356 e. The Morgan fingerprint density at radius 1 is 1.13 bits per heavy atom. The number of amides is 1. The number of carbonyl (C=O) groups is 1. The molecule has 198 valence electrons. The molecule has 4 aromatic rings. The molecule has 0 bridgehead atoms. The summed E-state index contributed by atoms with van der Waals surface area (Å²) in [6, 6.07) is 9.94. The van der Waals surface area contributed by atoms with Crippen LogP contribution in [0.1, 0.15) is 29.4 Å². The smallest absolute Gasteiger partial charge is 0.278 e. The maximum absolute atomic E-state index is 14.0. The fraction of sp³-hybridized carbons (Fsp3) is 0.357. The second-order valence-electron chi connectivity index (χ2n) is 9.36. The first-order valence-corrected chi connectivity index (χ1v) is 12.5. The number of aromatic nitrogens is 4. The monoisotopic (exact) mass is 533 g/mol. The Bertz CT molecular complexity index is 1580. The largest absolute Gasteiger partial charge is 0.356 e. The van der Waals surface area contributed by atoms with Crippen LogP contribution in [0, 0.1) is 11.8 Å². The van der Waals surface area contributed by atoms with E-state index in [1.54, 1.807) is 31.8 Å². The van der Waals surface area contributed by atoms with Gasteiger partial charge in [0.15, 0.2) is 0 Å². The van der Waals surface area contributed by atoms with E-state index in [1.165, 1.54) is 11.2 Å². The number of anilines is 1. The van der Waals surface area contributed by atoms with E-state index in [-0.39, 0.29) is 30.4 Å². The van der Waals surface area contributed by atoms with Crippen molar-refractivity contribution in [1.82, 2.24) is 29.3 Å². The molecule has 0 aliphatic carbocycles. The van der Waals surface area contributed by atoms with Gasteiger partial charge < -0.3 is 19.7 Å². The number of rotatable bonds is 5. The molecule has 1 amide bonds. The van der Waals surface area contributed by atoms with Gasteiger partial charge in [-0.15, -0.1) is 18.3 Å². The number of nitrogens with zero attached hydrogens (tertiary/aromatic N) is 6. The fourth-order valence-corrected chi connectivity index (χ4v) is 4.95. The van der Waals surface area contributed by atoms with Crippen LogP contribution in [-0.2, 0) is 13.1 Å². The minimum absolute atomic E-state index is 0. The lowest BCUT2D eigenvalue weighted by Gasteiger charge is -2.25. The number of hydrogen-bond acceptors (Lipinski definition) is 6. The molecule has 0 saturated carbocycles. The summed E-state index contributed by atoms with van der Waals surface area (Å²) in [4.78, 5) is 40.5. The van der Waals surface area contributed by atoms with E-state index < -0.39 is 0 Å². The van der Waals surface area contributed by atoms with E-state index in [0.717, 1.165) is 49.1 Å². The third-order valence-electron chi connectivity index (χ3n) is 6.75. The van der Waals surface area contributed by atoms with Crippen LogP contribution < -0.4 is 15.8 Å². The van der Waals surface area contributed by atoms with Crippen molar-refractivity contribution in [2.45, 2.75) is 26.4 Å². The zero-order valence-electron chi connectivity index (χ0n) is 21.9. The molecule has 1 N–H and O–H groups in total. The van der Waals surface area contributed by atoms with Gasteiger partial charge in [-0.3, -0.25) is 19.1 Å². The predicted molar refractivity (Wildman–Crippen MR) is 153 cm³/mol. The van der Waals surface area contributed by atoms with Crippen molar-refractivity contribution in [3.05, 3.63) is 64.5 Å². The summed E-state index contributed by atoms with van der Waals surface area (Å²) in [6.07, 6.45) is 4.22. The summed E-state index contributed by atoms with van der Waals surface area (Å²) >= 11 is 0. The molecule has 1 fully saturated rings. The molecule has 1 aromatic carbocycles. The van der Waals surface area contributed by atoms with Crippen molar-refractivity contribution in [2.75, 3.05) is 45.2 Å². The summed E-state index contributed by atoms with van der Waals surface area (Å²) in [5, 5.41) is 5.47. The summed E-state index contributed by atoms with van der Waals surface area (Å²) in [5.74, 6) is 6.59. The Morgan fingerprint density at radius 3 is 2.74 bits per heavy atom. The van der Waals surface area contributed by atoms with Gasteiger partial charge in [-0.1, -0.05) is 30.2 Å². The van der Waals surface area contributed by atoms with Crippen molar-refractivity contribution < 1.29 is 4.79 Å². The quantitative estimate of drug-likeness (QED) is 0.397. The van der Waals surface area contributed by atoms with Gasteiger partial charge in [0.1, 0.15) is 22.4 Å². The number of benzene rings is 1. The first-order chi connectivity index (χ1) is 18.0. The van der Waals surface area contributed by atoms with Crippen molar-refractivity contribution >= 4 is 45.9 Å². The summed E-state index contributed by atoms with van der Waals surface area (Å²) in [6.45, 7) is 5.53. The molecule has 10 heteroatoms. The van der Waals surface area contributed by atoms with Gasteiger partial charge in [-0.05, 0) is 31.3 Å². The molecule has 1 saturated heterocycles. The molecule has 1 aliphatic heterocycles. The highest BCUT2D eigenvalue weighted by Gasteiger charge is 2.30. The Labute approximate surface area is 227 Å². The average Bonchev–Trinajstić information content (AvgIpc) is 3.03. The zero-order chi connectivity index (χ0) is 25.9. The van der Waals surface area contributed by atoms with Gasteiger partial charge in [0.05, 0.1) is 25.1 Å². The first-order valence-electron chi connectivity index (χ1n) is 12.5. The van der Waals surface area contributed by atoms with E-state index in [0.29, 0.717) is 29.0 Å². The number of nitrogens with one attached hydrogen (secondary N) is 1. The Kier molecular flexibility index (Phi) is 8.35. The second kappa shape index (κ2) is 11.7. The molecular weight excluding hydrogens is 502 g/mol. The summed E-state index contributed by atoms with van der Waals surface area (Å²) in [5.41, 5.74) is 1.83. The van der Waals surface area contributed by atoms with Gasteiger partial charge >= 0.3 is 0 Å². The number of halogens is 1. The lowest BCUT2D eigenvalue weighted by Crippen LogP contribution is -2.32. The molecule has 3 aromatic heterocycles. The van der Waals surface area contributed by atoms with Crippen LogP contribution in [0.25, 0.3) is 21.8 Å². The van der Waals surface area contributed by atoms with E-state index in [1.807, 2.05) is 34.9 Å². The highest BCUT2D eigenvalue weighted by molar-refractivity contribution is 6.10. The van der Waals surface area contributed by atoms with Crippen LogP contribution in [0.3, 0.4) is 0 Å². The van der Waals surface area contributed by atoms with Gasteiger partial charge in [-0.2, -0.15) is 0 Å². The molecular formula is C28H32ClN7O2. The number of fused-ring (bicyclic) bond motifs is 2. The topological polar surface area (TPSA) is 88.3 Å². The summed E-state index contributed by atoms with van der Waals surface area (Å²) in [7, 11) is 3.44. The highest BCUT2D eigenvalue weighted by Crippen LogP contribution is 2.32. The minimum atomic E-state index is -0.218. The molecule has 0 unspecified atom stereocenters. The van der Waals surface area contributed by atoms with Crippen LogP contribution in [0.4, 0.5) is 5.82 Å². The van der Waals surface area contributed by atoms with Gasteiger partial charge in [0.25, 0.3) is 11.5 Å². The van der Waals surface area contributed by atoms with Crippen LogP contribution in [-0.4, -0.2) is 70.2 Å². The maximum Gasteiger partial charge on any atom is 0.278 e. The van der Waals surface area contributed by atoms with Gasteiger partial charge in [0, 0.05) is 45.3 Å². The molecule has 0 spiro atoms. The van der Waals surface area contributed by atoms with Crippen molar-refractivity contribution in [3.8, 4) is 11.8 Å². The van der Waals surface area contributed by atoms with E-state index in [4.69, 9.17) is 4.98 Å². The zero-order valence-corrected chi connectivity index (χ0v) is 22.7. The lowest BCUT2D eigenvalue weighted by molar-refractivity contribution is 0.0829. The van der Waals surface area contributed by atoms with Gasteiger partial charge in [-0.25, -0.2) is 4.98 Å². The molecule has 0 atom stereocenters. The van der Waals surface area contributed by atoms with Crippen LogP contribution in [0.5, 0.6) is 0 Å². The van der Waals surface area contributed by atoms with Crippen LogP contribution >= 0.6 is 12.4 Å². The highest BCUT2D eigenvalue weighted by atomic mass is 35.5. The first kappa shape index (κ1) is 27.2. The molecule has 9 nitrogen and oxygen atoms in total. The molecule has 1 aliphatic rings. The Hall–Kier alpha value is -3.87. The molecule has 38 heavy (non-hydrogen) atoms. The third kappa shape index (κ3) is 4.97. The number of carbonyl (C=O) groups excluding carboxylic acids is 1. The molecule has 5 rings (SSSR count). The Balaban J connectivity index is 0.00000336. The molecule has 0 radical (unpaired) electrons. The molecule has 4 heterocycles. The van der Waals surface area contributed by atoms with Crippen molar-refractivity contribution in [2.24, 2.45) is 0 Å². The SMILES string of the molecule is CC#CCn1c(N2CCCNCC2)c(C(=O)N(C)C)c2ncn(Cc3nccc4ccccc34)c(=O)c21.Cl. The van der Waals surface area contributed by atoms with Crippen molar-refractivity contribution in [1.29, 1.82) is 0 Å². The maximum atomic E-state index is 14.0. The summed E-state index contributed by atoms with van der Waals surface area (Å²) < 4.78 is 3.46. The normalized spacial score (nSPS) is 13.5. The van der Waals surface area contributed by atoms with Crippen molar-refractivity contribution in [3.63, 3.8) is 0 Å². The van der Waals surface area contributed by atoms with Crippen LogP contribution in [0.15, 0.2) is 47.7 Å². The second-order valence-corrected chi connectivity index (χ2v) is 9.36. The van der Waals surface area contributed by atoms with E-state index >= 15 is 0 Å². The average molecular weight is 534 g/mol. The number of hydrogen-bond donors (Lipinski definition) is 1. The van der Waals surface area contributed by atoms with E-state index in [2.05, 4.69) is 27.0 Å². The van der Waals surface area contributed by atoms with Gasteiger partial charge in [0.2, 0.25) is 0 Å². The van der Waals surface area contributed by atoms with Crippen LogP contribution in [0.2, 0.25) is 0 Å². The predicted octanol–water partition coefficient (Wildman–Crippen LogP) is 2.74.